The molecule has 0 bridgehead atoms. The molecule has 2 rings (SSSR count). The van der Waals surface area contributed by atoms with Gasteiger partial charge in [0.1, 0.15) is 0 Å². The van der Waals surface area contributed by atoms with Crippen molar-refractivity contribution in [1.82, 2.24) is 24.8 Å². The molecule has 21 heavy (non-hydrogen) atoms. The summed E-state index contributed by atoms with van der Waals surface area (Å²) in [6.07, 6.45) is 2.71. The highest BCUT2D eigenvalue weighted by Gasteiger charge is 2.20. The lowest BCUT2D eigenvalue weighted by Gasteiger charge is -2.20. The highest BCUT2D eigenvalue weighted by molar-refractivity contribution is 5.55. The number of nitrogens with two attached hydrogens (primary N) is 1. The summed E-state index contributed by atoms with van der Waals surface area (Å²) in [7, 11) is 1.88. The van der Waals surface area contributed by atoms with Gasteiger partial charge in [0.2, 0.25) is 0 Å². The average molecular weight is 292 g/mol. The molecule has 7 nitrogen and oxygen atoms in total. The normalized spacial score (nSPS) is 13.0. The minimum absolute atomic E-state index is 0.246. The Hall–Kier alpha value is -1.73. The van der Waals surface area contributed by atoms with Crippen LogP contribution in [0.15, 0.2) is 10.7 Å². The van der Waals surface area contributed by atoms with Crippen LogP contribution in [0.4, 0.5) is 0 Å². The van der Waals surface area contributed by atoms with Crippen LogP contribution >= 0.6 is 0 Å². The van der Waals surface area contributed by atoms with Crippen LogP contribution in [0, 0.1) is 0 Å². The van der Waals surface area contributed by atoms with Crippen molar-refractivity contribution < 1.29 is 4.52 Å². The van der Waals surface area contributed by atoms with E-state index in [2.05, 4.69) is 40.9 Å². The van der Waals surface area contributed by atoms with Gasteiger partial charge in [-0.15, -0.1) is 0 Å². The molecule has 0 aliphatic rings. The Balaban J connectivity index is 2.17. The molecule has 2 aromatic heterocycles. The lowest BCUT2D eigenvalue weighted by atomic mass is 10.2. The fourth-order valence-corrected chi connectivity index (χ4v) is 2.31. The lowest BCUT2D eigenvalue weighted by molar-refractivity contribution is 0.278. The first-order valence-corrected chi connectivity index (χ1v) is 7.43. The van der Waals surface area contributed by atoms with E-state index < -0.39 is 0 Å². The molecule has 2 N–H and O–H groups in total. The van der Waals surface area contributed by atoms with Gasteiger partial charge >= 0.3 is 0 Å². The fraction of sp³-hybridized carbons (Fsp3) is 0.643. The van der Waals surface area contributed by atoms with Gasteiger partial charge in [-0.05, 0) is 19.5 Å². The molecular formula is C14H24N6O. The van der Waals surface area contributed by atoms with Crippen molar-refractivity contribution in [3.63, 3.8) is 0 Å². The maximum absolute atomic E-state index is 6.17. The zero-order chi connectivity index (χ0) is 15.4. The molecule has 0 fully saturated rings. The van der Waals surface area contributed by atoms with Crippen molar-refractivity contribution in [1.29, 1.82) is 0 Å². The molecule has 2 aromatic rings. The first kappa shape index (κ1) is 15.7. The summed E-state index contributed by atoms with van der Waals surface area (Å²) < 4.78 is 7.12. The van der Waals surface area contributed by atoms with E-state index in [9.17, 15) is 0 Å². The van der Waals surface area contributed by atoms with Crippen LogP contribution < -0.4 is 5.73 Å². The summed E-state index contributed by atoms with van der Waals surface area (Å²) >= 11 is 0. The Kier molecular flexibility index (Phi) is 5.08. The van der Waals surface area contributed by atoms with E-state index in [1.807, 2.05) is 13.2 Å². The quantitative estimate of drug-likeness (QED) is 0.829. The third kappa shape index (κ3) is 3.48. The Morgan fingerprint density at radius 3 is 2.67 bits per heavy atom. The summed E-state index contributed by atoms with van der Waals surface area (Å²) in [5, 5.41) is 8.41. The number of aromatic nitrogens is 4. The molecule has 0 saturated heterocycles. The fourth-order valence-electron chi connectivity index (χ4n) is 2.31. The molecule has 1 atom stereocenters. The Bertz CT molecular complexity index is 572. The second-order valence-electron chi connectivity index (χ2n) is 5.07. The van der Waals surface area contributed by atoms with Crippen LogP contribution in [-0.2, 0) is 13.5 Å². The minimum Gasteiger partial charge on any atom is -0.334 e. The van der Waals surface area contributed by atoms with Crippen LogP contribution in [0.1, 0.15) is 38.3 Å². The summed E-state index contributed by atoms with van der Waals surface area (Å²) in [6, 6.07) is -0.246. The van der Waals surface area contributed by atoms with Crippen molar-refractivity contribution >= 4 is 0 Å². The molecule has 7 heteroatoms. The van der Waals surface area contributed by atoms with Gasteiger partial charge in [0.25, 0.3) is 5.89 Å². The summed E-state index contributed by atoms with van der Waals surface area (Å²) in [4.78, 5) is 6.68. The van der Waals surface area contributed by atoms with E-state index in [1.165, 1.54) is 0 Å². The zero-order valence-corrected chi connectivity index (χ0v) is 13.2. The maximum Gasteiger partial charge on any atom is 0.261 e. The van der Waals surface area contributed by atoms with E-state index in [0.717, 1.165) is 37.3 Å². The van der Waals surface area contributed by atoms with Crippen LogP contribution in [0.3, 0.4) is 0 Å². The van der Waals surface area contributed by atoms with Gasteiger partial charge in [0, 0.05) is 19.8 Å². The van der Waals surface area contributed by atoms with Gasteiger partial charge in [-0.2, -0.15) is 10.1 Å². The second kappa shape index (κ2) is 6.82. The molecule has 0 aliphatic carbocycles. The van der Waals surface area contributed by atoms with E-state index in [-0.39, 0.29) is 6.04 Å². The number of nitrogens with zero attached hydrogens (tertiary/aromatic N) is 5. The SMILES string of the molecule is CCc1nn(C)cc1-c1nc(C(N)CN(CC)CC)no1. The van der Waals surface area contributed by atoms with Crippen LogP contribution in [0.2, 0.25) is 0 Å². The smallest absolute Gasteiger partial charge is 0.261 e. The standard InChI is InChI=1S/C14H24N6O/c1-5-12-10(8-19(4)17-12)14-16-13(18-21-14)11(15)9-20(6-2)7-3/h8,11H,5-7,9,15H2,1-4H3. The molecule has 0 saturated carbocycles. The number of hydrogen-bond acceptors (Lipinski definition) is 6. The van der Waals surface area contributed by atoms with E-state index in [0.29, 0.717) is 11.7 Å². The molecular weight excluding hydrogens is 268 g/mol. The highest BCUT2D eigenvalue weighted by atomic mass is 16.5. The number of likely N-dealkylation sites (N-methyl/N-ethyl adjacent to an activating group) is 1. The lowest BCUT2D eigenvalue weighted by Crippen LogP contribution is -2.32. The molecule has 0 amide bonds. The minimum atomic E-state index is -0.246. The molecule has 0 spiro atoms. The van der Waals surface area contributed by atoms with Gasteiger partial charge in [-0.1, -0.05) is 25.9 Å². The van der Waals surface area contributed by atoms with Crippen molar-refractivity contribution in [2.45, 2.75) is 33.2 Å². The van der Waals surface area contributed by atoms with Crippen molar-refractivity contribution in [2.75, 3.05) is 19.6 Å². The Labute approximate surface area is 125 Å². The summed E-state index contributed by atoms with van der Waals surface area (Å²) in [5.41, 5.74) is 8.00. The van der Waals surface area contributed by atoms with Crippen LogP contribution in [-0.4, -0.2) is 44.5 Å². The van der Waals surface area contributed by atoms with Gasteiger partial charge in [-0.25, -0.2) is 0 Å². The van der Waals surface area contributed by atoms with Gasteiger partial charge in [-0.3, -0.25) is 4.68 Å². The summed E-state index contributed by atoms with van der Waals surface area (Å²) in [5.74, 6) is 1.03. The molecule has 0 radical (unpaired) electrons. The predicted octanol–water partition coefficient (Wildman–Crippen LogP) is 1.37. The molecule has 2 heterocycles. The highest BCUT2D eigenvalue weighted by Crippen LogP contribution is 2.22. The van der Waals surface area contributed by atoms with E-state index in [4.69, 9.17) is 10.3 Å². The Morgan fingerprint density at radius 1 is 1.33 bits per heavy atom. The van der Waals surface area contributed by atoms with Crippen molar-refractivity contribution in [2.24, 2.45) is 12.8 Å². The van der Waals surface area contributed by atoms with Crippen LogP contribution in [0.25, 0.3) is 11.5 Å². The molecule has 116 valence electrons. The largest absolute Gasteiger partial charge is 0.334 e. The first-order chi connectivity index (χ1) is 10.1. The van der Waals surface area contributed by atoms with Crippen molar-refractivity contribution in [3.05, 3.63) is 17.7 Å². The number of rotatable bonds is 7. The first-order valence-electron chi connectivity index (χ1n) is 7.43. The van der Waals surface area contributed by atoms with Gasteiger partial charge in [0.15, 0.2) is 5.82 Å². The van der Waals surface area contributed by atoms with E-state index in [1.54, 1.807) is 4.68 Å². The van der Waals surface area contributed by atoms with Crippen LogP contribution in [0.5, 0.6) is 0 Å². The second-order valence-corrected chi connectivity index (χ2v) is 5.07. The molecule has 0 aliphatic heterocycles. The summed E-state index contributed by atoms with van der Waals surface area (Å²) in [6.45, 7) is 8.91. The predicted molar refractivity (Wildman–Crippen MR) is 80.6 cm³/mol. The molecule has 0 aromatic carbocycles. The monoisotopic (exact) mass is 292 g/mol. The topological polar surface area (TPSA) is 86.0 Å². The number of aryl methyl sites for hydroxylation is 2. The Morgan fingerprint density at radius 2 is 2.05 bits per heavy atom. The molecule has 1 unspecified atom stereocenters. The number of hydrogen-bond donors (Lipinski definition) is 1. The van der Waals surface area contributed by atoms with Crippen molar-refractivity contribution in [3.8, 4) is 11.5 Å². The third-order valence-corrected chi connectivity index (χ3v) is 3.59. The maximum atomic E-state index is 6.17. The average Bonchev–Trinajstić information content (AvgIpc) is 3.10. The zero-order valence-electron chi connectivity index (χ0n) is 13.2. The van der Waals surface area contributed by atoms with Gasteiger partial charge in [0.05, 0.1) is 17.3 Å². The third-order valence-electron chi connectivity index (χ3n) is 3.59. The van der Waals surface area contributed by atoms with E-state index >= 15 is 0 Å². The van der Waals surface area contributed by atoms with Gasteiger partial charge < -0.3 is 15.2 Å².